The van der Waals surface area contributed by atoms with Gasteiger partial charge in [0.1, 0.15) is 11.2 Å². The number of aliphatic hydroxyl groups excluding tert-OH is 2. The fraction of sp³-hybridized carbons (Fsp3) is 0.368. The van der Waals surface area contributed by atoms with Crippen LogP contribution in [0.5, 0.6) is 0 Å². The van der Waals surface area contributed by atoms with Crippen molar-refractivity contribution < 1.29 is 18.6 Å². The largest absolute Gasteiger partial charge is 0.390 e. The van der Waals surface area contributed by atoms with Gasteiger partial charge in [-0.25, -0.2) is 18.4 Å². The fourth-order valence-corrected chi connectivity index (χ4v) is 4.24. The molecule has 10 nitrogen and oxygen atoms in total. The molecule has 30 heavy (non-hydrogen) atoms. The van der Waals surface area contributed by atoms with E-state index in [1.165, 1.54) is 22.9 Å². The van der Waals surface area contributed by atoms with E-state index in [1.807, 2.05) is 0 Å². The molecule has 2 atom stereocenters. The molecule has 1 aliphatic rings. The summed E-state index contributed by atoms with van der Waals surface area (Å²) in [5.74, 6) is 0.201. The van der Waals surface area contributed by atoms with Gasteiger partial charge in [0.15, 0.2) is 15.5 Å². The summed E-state index contributed by atoms with van der Waals surface area (Å²) in [7, 11) is -3.30. The molecule has 0 amide bonds. The van der Waals surface area contributed by atoms with Crippen LogP contribution in [0, 0.1) is 6.92 Å². The Bertz CT molecular complexity index is 1260. The van der Waals surface area contributed by atoms with Gasteiger partial charge >= 0.3 is 0 Å². The maximum atomic E-state index is 12.8. The molecule has 158 valence electrons. The zero-order valence-electron chi connectivity index (χ0n) is 16.3. The molecular formula is C19H21N5O5S. The number of benzene rings is 1. The van der Waals surface area contributed by atoms with E-state index in [0.29, 0.717) is 16.9 Å². The maximum Gasteiger partial charge on any atom is 0.273 e. The lowest BCUT2D eigenvalue weighted by molar-refractivity contribution is 0.0438. The summed E-state index contributed by atoms with van der Waals surface area (Å²) in [6, 6.07) is 5.72. The van der Waals surface area contributed by atoms with E-state index in [9.17, 15) is 23.4 Å². The van der Waals surface area contributed by atoms with Crippen molar-refractivity contribution >= 4 is 32.6 Å². The van der Waals surface area contributed by atoms with Crippen LogP contribution >= 0.6 is 0 Å². The number of aliphatic hydroxyl groups is 2. The second kappa shape index (κ2) is 7.42. The molecule has 2 unspecified atom stereocenters. The average Bonchev–Trinajstić information content (AvgIpc) is 3.01. The molecule has 11 heteroatoms. The van der Waals surface area contributed by atoms with Crippen molar-refractivity contribution in [2.45, 2.75) is 42.9 Å². The van der Waals surface area contributed by atoms with Crippen LogP contribution < -0.4 is 10.9 Å². The molecule has 0 bridgehead atoms. The third-order valence-electron chi connectivity index (χ3n) is 5.17. The highest BCUT2D eigenvalue weighted by molar-refractivity contribution is 7.90. The van der Waals surface area contributed by atoms with Gasteiger partial charge in [-0.1, -0.05) is 0 Å². The van der Waals surface area contributed by atoms with E-state index in [0.717, 1.165) is 6.26 Å². The second-order valence-corrected chi connectivity index (χ2v) is 9.47. The molecule has 1 aliphatic carbocycles. The van der Waals surface area contributed by atoms with E-state index < -0.39 is 28.1 Å². The van der Waals surface area contributed by atoms with Crippen molar-refractivity contribution in [1.82, 2.24) is 19.5 Å². The summed E-state index contributed by atoms with van der Waals surface area (Å²) in [6.07, 6.45) is 1.28. The van der Waals surface area contributed by atoms with Crippen molar-refractivity contribution in [1.29, 1.82) is 0 Å². The van der Waals surface area contributed by atoms with Crippen LogP contribution in [-0.4, -0.2) is 56.6 Å². The van der Waals surface area contributed by atoms with Gasteiger partial charge in [0.05, 0.1) is 23.3 Å². The molecule has 1 fully saturated rings. The Morgan fingerprint density at radius 3 is 2.33 bits per heavy atom. The number of anilines is 2. The SMILES string of the molecule is Cc1nc2cnc(Nc3ccc(S(C)(=O)=O)cc3)nc2n(C2CC(O)C(O)C2)c1=O. The van der Waals surface area contributed by atoms with E-state index >= 15 is 0 Å². The number of hydrogen-bond donors (Lipinski definition) is 3. The normalized spacial score (nSPS) is 21.8. The highest BCUT2D eigenvalue weighted by Gasteiger charge is 2.34. The van der Waals surface area contributed by atoms with Gasteiger partial charge in [0, 0.05) is 18.0 Å². The predicted molar refractivity (Wildman–Crippen MR) is 109 cm³/mol. The first-order valence-corrected chi connectivity index (χ1v) is 11.2. The number of rotatable bonds is 4. The highest BCUT2D eigenvalue weighted by atomic mass is 32.2. The van der Waals surface area contributed by atoms with Crippen LogP contribution in [0.3, 0.4) is 0 Å². The monoisotopic (exact) mass is 431 g/mol. The van der Waals surface area contributed by atoms with Crippen molar-refractivity contribution in [2.75, 3.05) is 11.6 Å². The number of nitrogens with zero attached hydrogens (tertiary/aromatic N) is 4. The fourth-order valence-electron chi connectivity index (χ4n) is 3.61. The minimum absolute atomic E-state index is 0.194. The number of hydrogen-bond acceptors (Lipinski definition) is 9. The molecular weight excluding hydrogens is 410 g/mol. The third-order valence-corrected chi connectivity index (χ3v) is 6.30. The van der Waals surface area contributed by atoms with Gasteiger partial charge in [0.2, 0.25) is 5.95 Å². The minimum atomic E-state index is -3.30. The van der Waals surface area contributed by atoms with Crippen molar-refractivity contribution in [3.05, 3.63) is 46.5 Å². The second-order valence-electron chi connectivity index (χ2n) is 7.46. The molecule has 2 heterocycles. The molecule has 4 rings (SSSR count). The molecule has 2 aromatic heterocycles. The Morgan fingerprint density at radius 2 is 1.73 bits per heavy atom. The Hall–Kier alpha value is -2.89. The van der Waals surface area contributed by atoms with Gasteiger partial charge in [0.25, 0.3) is 5.56 Å². The van der Waals surface area contributed by atoms with Gasteiger partial charge in [-0.3, -0.25) is 9.36 Å². The first-order chi connectivity index (χ1) is 14.1. The number of aromatic nitrogens is 4. The van der Waals surface area contributed by atoms with Crippen LogP contribution in [0.2, 0.25) is 0 Å². The van der Waals surface area contributed by atoms with Crippen LogP contribution in [0.4, 0.5) is 11.6 Å². The lowest BCUT2D eigenvalue weighted by atomic mass is 10.2. The molecule has 3 aromatic rings. The van der Waals surface area contributed by atoms with Gasteiger partial charge < -0.3 is 15.5 Å². The van der Waals surface area contributed by atoms with Crippen LogP contribution in [0.15, 0.2) is 40.2 Å². The molecule has 1 saturated carbocycles. The van der Waals surface area contributed by atoms with E-state index in [2.05, 4.69) is 20.3 Å². The summed E-state index contributed by atoms with van der Waals surface area (Å²) >= 11 is 0. The van der Waals surface area contributed by atoms with Crippen molar-refractivity contribution in [3.63, 3.8) is 0 Å². The molecule has 0 saturated heterocycles. The van der Waals surface area contributed by atoms with Crippen LogP contribution in [-0.2, 0) is 9.84 Å². The number of nitrogens with one attached hydrogen (secondary N) is 1. The minimum Gasteiger partial charge on any atom is -0.390 e. The number of sulfone groups is 1. The summed E-state index contributed by atoms with van der Waals surface area (Å²) < 4.78 is 24.7. The maximum absolute atomic E-state index is 12.8. The molecule has 0 spiro atoms. The van der Waals surface area contributed by atoms with Crippen molar-refractivity contribution in [3.8, 4) is 0 Å². The Kier molecular flexibility index (Phi) is 5.04. The first-order valence-electron chi connectivity index (χ1n) is 9.32. The number of aryl methyl sites for hydroxylation is 1. The Morgan fingerprint density at radius 1 is 1.10 bits per heavy atom. The lowest BCUT2D eigenvalue weighted by Crippen LogP contribution is -2.28. The zero-order valence-corrected chi connectivity index (χ0v) is 17.2. The summed E-state index contributed by atoms with van der Waals surface area (Å²) in [4.78, 5) is 25.9. The average molecular weight is 431 g/mol. The van der Waals surface area contributed by atoms with Gasteiger partial charge in [-0.05, 0) is 44.0 Å². The van der Waals surface area contributed by atoms with Gasteiger partial charge in [-0.15, -0.1) is 0 Å². The lowest BCUT2D eigenvalue weighted by Gasteiger charge is -2.17. The zero-order chi connectivity index (χ0) is 21.6. The Labute approximate surface area is 172 Å². The summed E-state index contributed by atoms with van der Waals surface area (Å²) in [6.45, 7) is 1.59. The quantitative estimate of drug-likeness (QED) is 0.543. The first kappa shape index (κ1) is 20.4. The van der Waals surface area contributed by atoms with Gasteiger partial charge in [-0.2, -0.15) is 4.98 Å². The van der Waals surface area contributed by atoms with Crippen molar-refractivity contribution in [2.24, 2.45) is 0 Å². The molecule has 0 aliphatic heterocycles. The smallest absolute Gasteiger partial charge is 0.273 e. The molecule has 1 aromatic carbocycles. The summed E-state index contributed by atoms with van der Waals surface area (Å²) in [5.41, 5.74) is 1.22. The van der Waals surface area contributed by atoms with E-state index in [4.69, 9.17) is 0 Å². The predicted octanol–water partition coefficient (Wildman–Crippen LogP) is 0.699. The van der Waals surface area contributed by atoms with Crippen LogP contribution in [0.1, 0.15) is 24.6 Å². The third kappa shape index (κ3) is 3.78. The molecule has 3 N–H and O–H groups in total. The molecule has 0 radical (unpaired) electrons. The Balaban J connectivity index is 1.74. The number of fused-ring (bicyclic) bond motifs is 1. The highest BCUT2D eigenvalue weighted by Crippen LogP contribution is 2.31. The van der Waals surface area contributed by atoms with Crippen LogP contribution in [0.25, 0.3) is 11.2 Å². The topological polar surface area (TPSA) is 147 Å². The van der Waals surface area contributed by atoms with E-state index in [1.54, 1.807) is 19.1 Å². The standard InChI is InChI=1S/C19H21N5O5S/c1-10-18(27)24(12-7-15(25)16(26)8-12)17-14(21-10)9-20-19(23-17)22-11-3-5-13(6-4-11)30(2,28)29/h3-6,9,12,15-16,25-26H,7-8H2,1-2H3,(H,20,22,23). The summed E-state index contributed by atoms with van der Waals surface area (Å²) in [5, 5.41) is 22.8. The van der Waals surface area contributed by atoms with E-state index in [-0.39, 0.29) is 34.9 Å².